The van der Waals surface area contributed by atoms with Gasteiger partial charge < -0.3 is 10.1 Å². The molecule has 1 aliphatic rings. The van der Waals surface area contributed by atoms with Crippen molar-refractivity contribution in [3.05, 3.63) is 29.8 Å². The van der Waals surface area contributed by atoms with Crippen molar-refractivity contribution >= 4 is 11.8 Å². The molecule has 4 nitrogen and oxygen atoms in total. The summed E-state index contributed by atoms with van der Waals surface area (Å²) in [5.41, 5.74) is 2.07. The number of amides is 1. The van der Waals surface area contributed by atoms with Crippen molar-refractivity contribution in [3.63, 3.8) is 0 Å². The van der Waals surface area contributed by atoms with E-state index in [0.717, 1.165) is 17.8 Å². The molecule has 0 spiro atoms. The lowest BCUT2D eigenvalue weighted by Gasteiger charge is -2.24. The van der Waals surface area contributed by atoms with Crippen LogP contribution in [0.1, 0.15) is 26.3 Å². The molecule has 1 aromatic rings. The number of nitrogens with zero attached hydrogens (tertiary/aromatic N) is 1. The number of ether oxygens (including phenoxy) is 1. The number of carbonyl (C=O) groups excluding carboxylic acids is 1. The van der Waals surface area contributed by atoms with Gasteiger partial charge in [-0.15, -0.1) is 0 Å². The van der Waals surface area contributed by atoms with Crippen molar-refractivity contribution in [2.75, 3.05) is 11.4 Å². The van der Waals surface area contributed by atoms with Crippen LogP contribution < -0.4 is 10.2 Å². The largest absolute Gasteiger partial charge is 0.446 e. The summed E-state index contributed by atoms with van der Waals surface area (Å²) in [6.07, 6.45) is -0.371. The summed E-state index contributed by atoms with van der Waals surface area (Å²) in [6.45, 7) is 7.21. The van der Waals surface area contributed by atoms with Crippen LogP contribution in [-0.4, -0.2) is 24.8 Å². The maximum atomic E-state index is 12.1. The molecule has 98 valence electrons. The van der Waals surface area contributed by atoms with Gasteiger partial charge in [-0.2, -0.15) is 0 Å². The molecule has 1 heterocycles. The lowest BCUT2D eigenvalue weighted by Crippen LogP contribution is -2.40. The second-order valence-electron chi connectivity index (χ2n) is 4.95. The maximum Gasteiger partial charge on any atom is 0.414 e. The highest BCUT2D eigenvalue weighted by atomic mass is 16.6. The Balaban J connectivity index is 2.29. The van der Waals surface area contributed by atoms with Gasteiger partial charge in [-0.1, -0.05) is 18.2 Å². The summed E-state index contributed by atoms with van der Waals surface area (Å²) in [5, 5.41) is 3.39. The fourth-order valence-corrected chi connectivity index (χ4v) is 2.08. The molecular formula is C14H20N2O2. The first-order valence-corrected chi connectivity index (χ1v) is 6.37. The van der Waals surface area contributed by atoms with E-state index in [-0.39, 0.29) is 18.2 Å². The van der Waals surface area contributed by atoms with Crippen molar-refractivity contribution in [1.82, 2.24) is 5.32 Å². The molecule has 1 atom stereocenters. The van der Waals surface area contributed by atoms with Crippen LogP contribution in [0.3, 0.4) is 0 Å². The summed E-state index contributed by atoms with van der Waals surface area (Å²) in [5.74, 6) is 0. The van der Waals surface area contributed by atoms with E-state index < -0.39 is 0 Å². The number of hydrogen-bond donors (Lipinski definition) is 1. The van der Waals surface area contributed by atoms with Gasteiger partial charge >= 0.3 is 6.09 Å². The van der Waals surface area contributed by atoms with Crippen molar-refractivity contribution in [3.8, 4) is 0 Å². The second kappa shape index (κ2) is 5.40. The first kappa shape index (κ1) is 12.9. The smallest absolute Gasteiger partial charge is 0.414 e. The van der Waals surface area contributed by atoms with Crippen molar-refractivity contribution in [2.24, 2.45) is 0 Å². The highest BCUT2D eigenvalue weighted by Crippen LogP contribution is 2.24. The number of para-hydroxylation sites is 1. The van der Waals surface area contributed by atoms with E-state index in [9.17, 15) is 4.79 Å². The zero-order valence-electron chi connectivity index (χ0n) is 11.1. The average Bonchev–Trinajstić information content (AvgIpc) is 2.49. The van der Waals surface area contributed by atoms with Gasteiger partial charge in [0, 0.05) is 19.1 Å². The molecule has 18 heavy (non-hydrogen) atoms. The van der Waals surface area contributed by atoms with Gasteiger partial charge in [0.25, 0.3) is 0 Å². The van der Waals surface area contributed by atoms with Gasteiger partial charge in [-0.05, 0) is 32.4 Å². The fraction of sp³-hybridized carbons (Fsp3) is 0.500. The summed E-state index contributed by atoms with van der Waals surface area (Å²) in [7, 11) is 0. The zero-order valence-corrected chi connectivity index (χ0v) is 11.1. The molecule has 0 saturated heterocycles. The third-order valence-corrected chi connectivity index (χ3v) is 2.94. The Morgan fingerprint density at radius 3 is 2.89 bits per heavy atom. The Bertz CT molecular complexity index is 432. The Hall–Kier alpha value is -1.55. The highest BCUT2D eigenvalue weighted by molar-refractivity contribution is 5.89. The topological polar surface area (TPSA) is 41.6 Å². The average molecular weight is 248 g/mol. The Morgan fingerprint density at radius 1 is 1.44 bits per heavy atom. The van der Waals surface area contributed by atoms with Crippen LogP contribution >= 0.6 is 0 Å². The minimum Gasteiger partial charge on any atom is -0.446 e. The monoisotopic (exact) mass is 248 g/mol. The summed E-state index contributed by atoms with van der Waals surface area (Å²) in [4.78, 5) is 13.9. The first-order valence-electron chi connectivity index (χ1n) is 6.37. The van der Waals surface area contributed by atoms with E-state index in [0.29, 0.717) is 6.54 Å². The van der Waals surface area contributed by atoms with Gasteiger partial charge in [0.15, 0.2) is 0 Å². The van der Waals surface area contributed by atoms with Gasteiger partial charge in [0.2, 0.25) is 0 Å². The van der Waals surface area contributed by atoms with Crippen molar-refractivity contribution in [1.29, 1.82) is 0 Å². The van der Waals surface area contributed by atoms with Crippen LogP contribution in [0.25, 0.3) is 0 Å². The van der Waals surface area contributed by atoms with Crippen molar-refractivity contribution in [2.45, 2.75) is 39.5 Å². The molecule has 2 rings (SSSR count). The third kappa shape index (κ3) is 2.82. The number of rotatable bonds is 1. The minimum atomic E-state index is -0.270. The molecule has 4 heteroatoms. The number of carbonyl (C=O) groups is 1. The van der Waals surface area contributed by atoms with E-state index in [4.69, 9.17) is 4.74 Å². The number of fused-ring (bicyclic) bond motifs is 1. The molecule has 1 amide bonds. The van der Waals surface area contributed by atoms with Crippen molar-refractivity contribution < 1.29 is 9.53 Å². The number of nitrogens with one attached hydrogen (secondary N) is 1. The predicted molar refractivity (Wildman–Crippen MR) is 71.7 cm³/mol. The molecule has 0 aliphatic carbocycles. The lowest BCUT2D eigenvalue weighted by molar-refractivity contribution is 0.122. The van der Waals surface area contributed by atoms with Gasteiger partial charge in [0.05, 0.1) is 11.8 Å². The SMILES string of the molecule is CC1CN(C(=O)OC(C)C)c2ccccc2CN1. The first-order chi connectivity index (χ1) is 8.58. The molecule has 0 radical (unpaired) electrons. The second-order valence-corrected chi connectivity index (χ2v) is 4.95. The number of hydrogen-bond acceptors (Lipinski definition) is 3. The van der Waals surface area contributed by atoms with Crippen LogP contribution in [0.2, 0.25) is 0 Å². The Kier molecular flexibility index (Phi) is 3.87. The maximum absolute atomic E-state index is 12.1. The molecule has 0 aromatic heterocycles. The van der Waals surface area contributed by atoms with E-state index >= 15 is 0 Å². The molecule has 1 aromatic carbocycles. The molecule has 1 unspecified atom stereocenters. The summed E-state index contributed by atoms with van der Waals surface area (Å²) in [6, 6.07) is 8.19. The molecule has 0 saturated carbocycles. The fourth-order valence-electron chi connectivity index (χ4n) is 2.08. The van der Waals surface area contributed by atoms with E-state index in [2.05, 4.69) is 12.2 Å². The van der Waals surface area contributed by atoms with Crippen LogP contribution in [0.15, 0.2) is 24.3 Å². The molecule has 1 N–H and O–H groups in total. The number of anilines is 1. The van der Waals surface area contributed by atoms with E-state index in [1.54, 1.807) is 4.90 Å². The molecule has 0 fully saturated rings. The van der Waals surface area contributed by atoms with E-state index in [1.165, 1.54) is 0 Å². The molecular weight excluding hydrogens is 228 g/mol. The molecule has 0 bridgehead atoms. The zero-order chi connectivity index (χ0) is 13.1. The standard InChI is InChI=1S/C14H20N2O2/c1-10(2)18-14(17)16-9-11(3)15-8-12-6-4-5-7-13(12)16/h4-7,10-11,15H,8-9H2,1-3H3. The predicted octanol–water partition coefficient (Wildman–Crippen LogP) is 2.53. The van der Waals surface area contributed by atoms with Gasteiger partial charge in [0.1, 0.15) is 0 Å². The van der Waals surface area contributed by atoms with Gasteiger partial charge in [-0.3, -0.25) is 4.90 Å². The third-order valence-electron chi connectivity index (χ3n) is 2.94. The quantitative estimate of drug-likeness (QED) is 0.830. The molecule has 1 aliphatic heterocycles. The number of benzene rings is 1. The van der Waals surface area contributed by atoms with Crippen LogP contribution in [0.5, 0.6) is 0 Å². The van der Waals surface area contributed by atoms with Crippen LogP contribution in [0.4, 0.5) is 10.5 Å². The summed E-state index contributed by atoms with van der Waals surface area (Å²) < 4.78 is 5.31. The van der Waals surface area contributed by atoms with Crippen LogP contribution in [-0.2, 0) is 11.3 Å². The Morgan fingerprint density at radius 2 is 2.17 bits per heavy atom. The van der Waals surface area contributed by atoms with E-state index in [1.807, 2.05) is 38.1 Å². The van der Waals surface area contributed by atoms with Crippen LogP contribution in [0, 0.1) is 0 Å². The highest BCUT2D eigenvalue weighted by Gasteiger charge is 2.25. The van der Waals surface area contributed by atoms with Gasteiger partial charge in [-0.25, -0.2) is 4.79 Å². The lowest BCUT2D eigenvalue weighted by atomic mass is 10.1. The minimum absolute atomic E-state index is 0.101. The normalized spacial score (nSPS) is 19.3. The summed E-state index contributed by atoms with van der Waals surface area (Å²) >= 11 is 0. The Labute approximate surface area is 108 Å².